The second-order valence-electron chi connectivity index (χ2n) is 15.3. The Morgan fingerprint density at radius 1 is 0.164 bits per heavy atom. The number of anilines is 3. The van der Waals surface area contributed by atoms with E-state index in [0.29, 0.717) is 0 Å². The van der Waals surface area contributed by atoms with Gasteiger partial charge in [0.15, 0.2) is 0 Å². The summed E-state index contributed by atoms with van der Waals surface area (Å²) in [5.74, 6) is 0. The lowest BCUT2D eigenvalue weighted by Crippen LogP contribution is -2.09. The third kappa shape index (κ3) is 7.81. The number of nitrogens with zero attached hydrogens (tertiary/aromatic N) is 1. The highest BCUT2D eigenvalue weighted by atomic mass is 15.1. The molecule has 0 unspecified atom stereocenters. The van der Waals surface area contributed by atoms with Gasteiger partial charge in [0.2, 0.25) is 0 Å². The molecule has 0 aliphatic rings. The van der Waals surface area contributed by atoms with Gasteiger partial charge in [-0.15, -0.1) is 0 Å². The predicted octanol–water partition coefficient (Wildman–Crippen LogP) is 16.8. The van der Waals surface area contributed by atoms with Crippen molar-refractivity contribution in [3.8, 4) is 77.9 Å². The van der Waals surface area contributed by atoms with Gasteiger partial charge in [-0.2, -0.15) is 0 Å². The van der Waals surface area contributed by atoms with E-state index in [1.54, 1.807) is 0 Å². The Labute approximate surface area is 359 Å². The maximum absolute atomic E-state index is 2.36. The van der Waals surface area contributed by atoms with Crippen molar-refractivity contribution in [2.75, 3.05) is 4.90 Å². The molecule has 0 saturated heterocycles. The average Bonchev–Trinajstić information content (AvgIpc) is 3.36. The van der Waals surface area contributed by atoms with E-state index >= 15 is 0 Å². The van der Waals surface area contributed by atoms with Gasteiger partial charge >= 0.3 is 0 Å². The van der Waals surface area contributed by atoms with Crippen LogP contribution in [0, 0.1) is 0 Å². The molecule has 0 aliphatic heterocycles. The number of hydrogen-bond donors (Lipinski definition) is 0. The lowest BCUT2D eigenvalue weighted by molar-refractivity contribution is 1.28. The van der Waals surface area contributed by atoms with Crippen LogP contribution in [-0.4, -0.2) is 0 Å². The van der Waals surface area contributed by atoms with E-state index in [1.165, 1.54) is 77.9 Å². The molecule has 0 amide bonds. The second kappa shape index (κ2) is 17.1. The molecule has 10 aromatic rings. The van der Waals surface area contributed by atoms with Crippen LogP contribution in [-0.2, 0) is 0 Å². The molecule has 0 radical (unpaired) electrons. The van der Waals surface area contributed by atoms with E-state index in [2.05, 4.69) is 266 Å². The maximum Gasteiger partial charge on any atom is 0.0462 e. The SMILES string of the molecule is c1ccc(-c2ccc(-c3ccc(N(c4ccc(-c5ccccc5-c5ccccc5)cc4)c4ccc(-c5cccc(-c6ccccc6)c5-c5ccccc5)cc4)cc3)cc2)cc1. The Bertz CT molecular complexity index is 2990. The van der Waals surface area contributed by atoms with Crippen LogP contribution >= 0.6 is 0 Å². The van der Waals surface area contributed by atoms with Gasteiger partial charge in [-0.25, -0.2) is 0 Å². The molecule has 0 heterocycles. The minimum atomic E-state index is 1.08. The molecule has 0 spiro atoms. The highest BCUT2D eigenvalue weighted by Crippen LogP contribution is 2.43. The summed E-state index contributed by atoms with van der Waals surface area (Å²) in [5.41, 5.74) is 20.1. The van der Waals surface area contributed by atoms with Gasteiger partial charge in [-0.1, -0.05) is 224 Å². The molecule has 0 atom stereocenters. The van der Waals surface area contributed by atoms with Crippen LogP contribution in [0.2, 0.25) is 0 Å². The molecule has 288 valence electrons. The molecule has 1 nitrogen and oxygen atoms in total. The van der Waals surface area contributed by atoms with Crippen molar-refractivity contribution in [3.63, 3.8) is 0 Å². The summed E-state index contributed by atoms with van der Waals surface area (Å²) < 4.78 is 0. The zero-order chi connectivity index (χ0) is 40.8. The Hall–Kier alpha value is -8.00. The summed E-state index contributed by atoms with van der Waals surface area (Å²) in [4.78, 5) is 2.36. The molecule has 1 heteroatoms. The fourth-order valence-electron chi connectivity index (χ4n) is 8.49. The van der Waals surface area contributed by atoms with E-state index in [4.69, 9.17) is 0 Å². The summed E-state index contributed by atoms with van der Waals surface area (Å²) in [5, 5.41) is 0. The highest BCUT2D eigenvalue weighted by molar-refractivity contribution is 5.95. The average molecular weight is 778 g/mol. The lowest BCUT2D eigenvalue weighted by Gasteiger charge is -2.26. The minimum Gasteiger partial charge on any atom is -0.311 e. The third-order valence-corrected chi connectivity index (χ3v) is 11.5. The molecule has 61 heavy (non-hydrogen) atoms. The molecule has 0 aromatic heterocycles. The van der Waals surface area contributed by atoms with Crippen molar-refractivity contribution in [1.82, 2.24) is 0 Å². The Kier molecular flexibility index (Phi) is 10.4. The summed E-state index contributed by atoms with van der Waals surface area (Å²) in [6, 6.07) is 93.8. The van der Waals surface area contributed by atoms with Gasteiger partial charge in [0, 0.05) is 17.1 Å². The van der Waals surface area contributed by atoms with Crippen molar-refractivity contribution in [2.45, 2.75) is 0 Å². The van der Waals surface area contributed by atoms with Crippen LogP contribution < -0.4 is 4.90 Å². The summed E-state index contributed by atoms with van der Waals surface area (Å²) in [6.45, 7) is 0. The van der Waals surface area contributed by atoms with Crippen LogP contribution in [0.15, 0.2) is 261 Å². The van der Waals surface area contributed by atoms with Gasteiger partial charge in [-0.05, 0) is 114 Å². The van der Waals surface area contributed by atoms with E-state index in [1.807, 2.05) is 0 Å². The quantitative estimate of drug-likeness (QED) is 0.134. The predicted molar refractivity (Wildman–Crippen MR) is 259 cm³/mol. The van der Waals surface area contributed by atoms with E-state index in [0.717, 1.165) is 17.1 Å². The molecule has 0 bridgehead atoms. The first kappa shape index (κ1) is 37.3. The van der Waals surface area contributed by atoms with Crippen LogP contribution in [0.4, 0.5) is 17.1 Å². The Balaban J connectivity index is 1.03. The van der Waals surface area contributed by atoms with Gasteiger partial charge in [-0.3, -0.25) is 0 Å². The van der Waals surface area contributed by atoms with Gasteiger partial charge in [0.25, 0.3) is 0 Å². The van der Waals surface area contributed by atoms with E-state index < -0.39 is 0 Å². The topological polar surface area (TPSA) is 3.24 Å². The smallest absolute Gasteiger partial charge is 0.0462 e. The Morgan fingerprint density at radius 3 is 0.820 bits per heavy atom. The molecule has 0 fully saturated rings. The first-order chi connectivity index (χ1) is 30.3. The van der Waals surface area contributed by atoms with Gasteiger partial charge in [0.05, 0.1) is 0 Å². The fraction of sp³-hybridized carbons (Fsp3) is 0. The van der Waals surface area contributed by atoms with Crippen molar-refractivity contribution < 1.29 is 0 Å². The van der Waals surface area contributed by atoms with Crippen LogP contribution in [0.25, 0.3) is 77.9 Å². The maximum atomic E-state index is 2.36. The normalized spacial score (nSPS) is 11.0. The van der Waals surface area contributed by atoms with Crippen molar-refractivity contribution in [2.24, 2.45) is 0 Å². The molecular formula is C60H43N. The second-order valence-corrected chi connectivity index (χ2v) is 15.3. The standard InChI is InChI=1S/C60H43N/c1-5-16-44(17-6-1)45-28-30-46(31-29-45)47-32-38-53(39-33-47)61(54-40-34-50(35-41-54)57-25-14-13-24-56(57)48-18-7-2-8-19-48)55-42-36-51(37-43-55)59-27-15-26-58(49-20-9-3-10-21-49)60(59)52-22-11-4-12-23-52/h1-43H. The van der Waals surface area contributed by atoms with E-state index in [9.17, 15) is 0 Å². The zero-order valence-electron chi connectivity index (χ0n) is 33.8. The first-order valence-electron chi connectivity index (χ1n) is 20.9. The first-order valence-corrected chi connectivity index (χ1v) is 20.9. The van der Waals surface area contributed by atoms with Gasteiger partial charge < -0.3 is 4.90 Å². The monoisotopic (exact) mass is 777 g/mol. The molecule has 0 saturated carbocycles. The lowest BCUT2D eigenvalue weighted by atomic mass is 9.87. The third-order valence-electron chi connectivity index (χ3n) is 11.5. The number of rotatable bonds is 10. The van der Waals surface area contributed by atoms with Crippen LogP contribution in [0.3, 0.4) is 0 Å². The minimum absolute atomic E-state index is 1.08. The summed E-state index contributed by atoms with van der Waals surface area (Å²) >= 11 is 0. The van der Waals surface area contributed by atoms with Crippen molar-refractivity contribution in [3.05, 3.63) is 261 Å². The van der Waals surface area contributed by atoms with Crippen LogP contribution in [0.5, 0.6) is 0 Å². The van der Waals surface area contributed by atoms with Crippen LogP contribution in [0.1, 0.15) is 0 Å². The summed E-state index contributed by atoms with van der Waals surface area (Å²) in [7, 11) is 0. The molecular weight excluding hydrogens is 735 g/mol. The summed E-state index contributed by atoms with van der Waals surface area (Å²) in [6.07, 6.45) is 0. The number of hydrogen-bond acceptors (Lipinski definition) is 1. The number of benzene rings is 10. The van der Waals surface area contributed by atoms with Gasteiger partial charge in [0.1, 0.15) is 0 Å². The van der Waals surface area contributed by atoms with Crippen molar-refractivity contribution >= 4 is 17.1 Å². The Morgan fingerprint density at radius 2 is 0.410 bits per heavy atom. The highest BCUT2D eigenvalue weighted by Gasteiger charge is 2.17. The molecule has 0 N–H and O–H groups in total. The van der Waals surface area contributed by atoms with E-state index in [-0.39, 0.29) is 0 Å². The zero-order valence-corrected chi connectivity index (χ0v) is 33.8. The van der Waals surface area contributed by atoms with Crippen molar-refractivity contribution in [1.29, 1.82) is 0 Å². The molecule has 0 aliphatic carbocycles. The fourth-order valence-corrected chi connectivity index (χ4v) is 8.49. The molecule has 10 rings (SSSR count). The largest absolute Gasteiger partial charge is 0.311 e. The molecule has 10 aromatic carbocycles.